The van der Waals surface area contributed by atoms with Crippen LogP contribution in [0.3, 0.4) is 0 Å². The molecule has 1 aromatic rings. The Kier molecular flexibility index (Phi) is 8.68. The summed E-state index contributed by atoms with van der Waals surface area (Å²) in [5.41, 5.74) is 1.16. The minimum absolute atomic E-state index is 0.158. The van der Waals surface area contributed by atoms with Gasteiger partial charge in [-0.25, -0.2) is 8.42 Å². The molecule has 3 atom stereocenters. The zero-order chi connectivity index (χ0) is 21.6. The van der Waals surface area contributed by atoms with Crippen molar-refractivity contribution in [2.75, 3.05) is 52.5 Å². The van der Waals surface area contributed by atoms with Crippen LogP contribution in [0.25, 0.3) is 0 Å². The number of β-amino-alcohol motifs (C(OH)–C–C–N with tert-alkyl or cyclic N) is 1. The number of ether oxygens (including phenoxy) is 2. The van der Waals surface area contributed by atoms with Gasteiger partial charge >= 0.3 is 0 Å². The Hall–Kier alpha value is -1.03. The van der Waals surface area contributed by atoms with E-state index in [-0.39, 0.29) is 12.7 Å². The molecule has 3 rings (SSSR count). The summed E-state index contributed by atoms with van der Waals surface area (Å²) in [5, 5.41) is 10.2. The van der Waals surface area contributed by atoms with Crippen LogP contribution in [0.15, 0.2) is 29.2 Å². The third kappa shape index (κ3) is 6.24. The van der Waals surface area contributed by atoms with Crippen molar-refractivity contribution in [2.24, 2.45) is 0 Å². The molecule has 30 heavy (non-hydrogen) atoms. The summed E-state index contributed by atoms with van der Waals surface area (Å²) in [6, 6.07) is 7.28. The predicted octanol–water partition coefficient (Wildman–Crippen LogP) is 2.06. The fourth-order valence-electron chi connectivity index (χ4n) is 3.97. The molecule has 0 amide bonds. The monoisotopic (exact) mass is 440 g/mol. The van der Waals surface area contributed by atoms with Crippen LogP contribution in [0.1, 0.15) is 44.6 Å². The Labute approximate surface area is 181 Å². The zero-order valence-corrected chi connectivity index (χ0v) is 19.0. The van der Waals surface area contributed by atoms with Gasteiger partial charge in [0.1, 0.15) is 0 Å². The van der Waals surface area contributed by atoms with Crippen molar-refractivity contribution in [1.82, 2.24) is 9.21 Å². The normalized spacial score (nSPS) is 23.5. The van der Waals surface area contributed by atoms with Gasteiger partial charge < -0.3 is 14.6 Å². The molecule has 170 valence electrons. The van der Waals surface area contributed by atoms with Gasteiger partial charge in [0.05, 0.1) is 30.3 Å². The Bertz CT molecular complexity index is 741. The van der Waals surface area contributed by atoms with Crippen molar-refractivity contribution in [3.8, 4) is 0 Å². The summed E-state index contributed by atoms with van der Waals surface area (Å²) >= 11 is 0. The van der Waals surface area contributed by atoms with E-state index < -0.39 is 16.1 Å². The van der Waals surface area contributed by atoms with Crippen LogP contribution >= 0.6 is 0 Å². The highest BCUT2D eigenvalue weighted by Crippen LogP contribution is 2.23. The van der Waals surface area contributed by atoms with Gasteiger partial charge in [0.15, 0.2) is 0 Å². The lowest BCUT2D eigenvalue weighted by molar-refractivity contribution is -0.0270. The fourth-order valence-corrected chi connectivity index (χ4v) is 5.39. The van der Waals surface area contributed by atoms with Gasteiger partial charge in [-0.1, -0.05) is 26.0 Å². The van der Waals surface area contributed by atoms with Crippen molar-refractivity contribution in [3.05, 3.63) is 29.8 Å². The first-order valence-corrected chi connectivity index (χ1v) is 12.5. The topological polar surface area (TPSA) is 79.3 Å². The van der Waals surface area contributed by atoms with Crippen molar-refractivity contribution in [1.29, 1.82) is 0 Å². The van der Waals surface area contributed by atoms with Crippen LogP contribution in [-0.2, 0) is 19.5 Å². The lowest BCUT2D eigenvalue weighted by atomic mass is 9.99. The molecule has 8 heteroatoms. The van der Waals surface area contributed by atoms with E-state index in [9.17, 15) is 13.5 Å². The van der Waals surface area contributed by atoms with Crippen molar-refractivity contribution in [3.63, 3.8) is 0 Å². The maximum Gasteiger partial charge on any atom is 0.243 e. The average molecular weight is 441 g/mol. The summed E-state index contributed by atoms with van der Waals surface area (Å²) in [6.07, 6.45) is 2.70. The molecule has 0 spiro atoms. The predicted molar refractivity (Wildman–Crippen MR) is 116 cm³/mol. The molecule has 0 unspecified atom stereocenters. The number of nitrogens with zero attached hydrogens (tertiary/aromatic N) is 2. The number of hydrogen-bond acceptors (Lipinski definition) is 6. The lowest BCUT2D eigenvalue weighted by Gasteiger charge is -2.35. The van der Waals surface area contributed by atoms with Crippen molar-refractivity contribution < 1.29 is 23.0 Å². The second-order valence-electron chi connectivity index (χ2n) is 8.41. The van der Waals surface area contributed by atoms with Crippen LogP contribution in [-0.4, -0.2) is 87.5 Å². The largest absolute Gasteiger partial charge is 0.389 e. The summed E-state index contributed by atoms with van der Waals surface area (Å²) in [5.74, 6) is 0.423. The smallest absolute Gasteiger partial charge is 0.243 e. The molecule has 2 aliphatic heterocycles. The molecule has 7 nitrogen and oxygen atoms in total. The third-order valence-electron chi connectivity index (χ3n) is 6.14. The second-order valence-corrected chi connectivity index (χ2v) is 10.3. The number of aliphatic hydroxyl groups excluding tert-OH is 1. The summed E-state index contributed by atoms with van der Waals surface area (Å²) in [7, 11) is -3.48. The average Bonchev–Trinajstić information content (AvgIpc) is 3.27. The minimum Gasteiger partial charge on any atom is -0.389 e. The maximum atomic E-state index is 13.0. The van der Waals surface area contributed by atoms with E-state index >= 15 is 0 Å². The molecule has 2 aliphatic rings. The second kappa shape index (κ2) is 11.0. The Morgan fingerprint density at radius 2 is 1.90 bits per heavy atom. The van der Waals surface area contributed by atoms with Gasteiger partial charge in [-0.2, -0.15) is 4.31 Å². The van der Waals surface area contributed by atoms with E-state index in [4.69, 9.17) is 9.47 Å². The fraction of sp³-hybridized carbons (Fsp3) is 0.727. The molecule has 1 aromatic carbocycles. The van der Waals surface area contributed by atoms with Crippen LogP contribution in [0.5, 0.6) is 0 Å². The number of aliphatic hydroxyl groups is 1. The third-order valence-corrected chi connectivity index (χ3v) is 8.05. The standard InChI is InChI=1S/C22H36N2O5S/c1-3-18(2)19-6-8-22(9-7-19)30(26,27)24-12-10-23(11-13-24)15-20(25)16-28-17-21-5-4-14-29-21/h6-9,18,20-21,25H,3-5,10-17H2,1-2H3/t18-,20+,21-/m0/s1. The van der Waals surface area contributed by atoms with Crippen LogP contribution < -0.4 is 0 Å². The first-order chi connectivity index (χ1) is 14.4. The van der Waals surface area contributed by atoms with Crippen LogP contribution in [0.2, 0.25) is 0 Å². The molecular weight excluding hydrogens is 404 g/mol. The molecule has 0 saturated carbocycles. The van der Waals surface area contributed by atoms with Gasteiger partial charge in [-0.05, 0) is 42.9 Å². The Morgan fingerprint density at radius 1 is 1.20 bits per heavy atom. The van der Waals surface area contributed by atoms with Gasteiger partial charge in [-0.15, -0.1) is 0 Å². The molecule has 2 fully saturated rings. The highest BCUT2D eigenvalue weighted by Gasteiger charge is 2.29. The first kappa shape index (κ1) is 23.6. The van der Waals surface area contributed by atoms with Gasteiger partial charge in [-0.3, -0.25) is 4.90 Å². The highest BCUT2D eigenvalue weighted by atomic mass is 32.2. The van der Waals surface area contributed by atoms with Crippen molar-refractivity contribution in [2.45, 2.75) is 56.1 Å². The molecule has 0 bridgehead atoms. The molecule has 2 heterocycles. The van der Waals surface area contributed by atoms with E-state index in [2.05, 4.69) is 18.7 Å². The number of sulfonamides is 1. The van der Waals surface area contributed by atoms with Gasteiger partial charge in [0.2, 0.25) is 10.0 Å². The van der Waals surface area contributed by atoms with E-state index in [1.165, 1.54) is 0 Å². The molecular formula is C22H36N2O5S. The van der Waals surface area contributed by atoms with Gasteiger partial charge in [0, 0.05) is 39.3 Å². The van der Waals surface area contributed by atoms with Crippen LogP contribution in [0.4, 0.5) is 0 Å². The van der Waals surface area contributed by atoms with Crippen LogP contribution in [0, 0.1) is 0 Å². The zero-order valence-electron chi connectivity index (χ0n) is 18.2. The van der Waals surface area contributed by atoms with E-state index in [0.717, 1.165) is 31.4 Å². The maximum absolute atomic E-state index is 13.0. The first-order valence-electron chi connectivity index (χ1n) is 11.1. The van der Waals surface area contributed by atoms with E-state index in [1.54, 1.807) is 16.4 Å². The number of hydrogen-bond donors (Lipinski definition) is 1. The lowest BCUT2D eigenvalue weighted by Crippen LogP contribution is -2.50. The molecule has 0 aromatic heterocycles. The molecule has 0 radical (unpaired) electrons. The molecule has 2 saturated heterocycles. The van der Waals surface area contributed by atoms with Crippen molar-refractivity contribution >= 4 is 10.0 Å². The number of benzene rings is 1. The SMILES string of the molecule is CC[C@H](C)c1ccc(S(=O)(=O)N2CCN(C[C@@H](O)COC[C@@H]3CCCO3)CC2)cc1. The highest BCUT2D eigenvalue weighted by molar-refractivity contribution is 7.89. The summed E-state index contributed by atoms with van der Waals surface area (Å²) in [6.45, 7) is 8.43. The van der Waals surface area contributed by atoms with E-state index in [1.807, 2.05) is 12.1 Å². The minimum atomic E-state index is -3.48. The summed E-state index contributed by atoms with van der Waals surface area (Å²) < 4.78 is 38.6. The number of piperazine rings is 1. The number of rotatable bonds is 10. The molecule has 1 N–H and O–H groups in total. The Balaban J connectivity index is 1.43. The molecule has 0 aliphatic carbocycles. The Morgan fingerprint density at radius 3 is 2.50 bits per heavy atom. The summed E-state index contributed by atoms with van der Waals surface area (Å²) in [4.78, 5) is 2.45. The quantitative estimate of drug-likeness (QED) is 0.600. The van der Waals surface area contributed by atoms with E-state index in [0.29, 0.717) is 50.1 Å². The van der Waals surface area contributed by atoms with Gasteiger partial charge in [0.25, 0.3) is 0 Å².